The summed E-state index contributed by atoms with van der Waals surface area (Å²) in [6.07, 6.45) is 14.1. The van der Waals surface area contributed by atoms with Crippen LogP contribution in [0.3, 0.4) is 0 Å². The van der Waals surface area contributed by atoms with Gasteiger partial charge in [0.2, 0.25) is 0 Å². The van der Waals surface area contributed by atoms with Crippen LogP contribution in [0.15, 0.2) is 24.3 Å². The molecule has 2 aliphatic rings. The molecule has 1 aromatic rings. The average molecular weight is 333 g/mol. The molecule has 0 amide bonds. The van der Waals surface area contributed by atoms with E-state index >= 15 is 0 Å². The van der Waals surface area contributed by atoms with Crippen molar-refractivity contribution in [2.24, 2.45) is 23.7 Å². The minimum atomic E-state index is -0.119. The molecule has 0 unspecified atom stereocenters. The van der Waals surface area contributed by atoms with Gasteiger partial charge in [-0.2, -0.15) is 0 Å². The standard InChI is InChI=1S/C21H31F.C2H6/c1-16-2-10-19(11-3-16)20-12-6-17(7-13-20)4-5-18-8-14-21(22)15-9-18;1-2/h8-9,14-17,19-20H,2-7,10-13H2,1H3;1-2H3. The third-order valence-electron chi connectivity index (χ3n) is 6.37. The topological polar surface area (TPSA) is 0 Å². The molecule has 0 spiro atoms. The first-order chi connectivity index (χ1) is 11.7. The fourth-order valence-corrected chi connectivity index (χ4v) is 4.73. The molecule has 0 radical (unpaired) electrons. The maximum atomic E-state index is 12.9. The summed E-state index contributed by atoms with van der Waals surface area (Å²) in [5, 5.41) is 0. The van der Waals surface area contributed by atoms with Crippen LogP contribution in [0.5, 0.6) is 0 Å². The summed E-state index contributed by atoms with van der Waals surface area (Å²) < 4.78 is 12.9. The summed E-state index contributed by atoms with van der Waals surface area (Å²) in [4.78, 5) is 0. The van der Waals surface area contributed by atoms with Crippen molar-refractivity contribution in [3.63, 3.8) is 0 Å². The van der Waals surface area contributed by atoms with Crippen molar-refractivity contribution in [2.45, 2.75) is 85.0 Å². The molecule has 1 aromatic carbocycles. The zero-order chi connectivity index (χ0) is 17.4. The summed E-state index contributed by atoms with van der Waals surface area (Å²) in [6, 6.07) is 7.08. The molecule has 0 atom stereocenters. The Balaban J connectivity index is 0.00000100. The van der Waals surface area contributed by atoms with Gasteiger partial charge in [0.25, 0.3) is 0 Å². The molecule has 0 aromatic heterocycles. The molecule has 0 aliphatic heterocycles. The van der Waals surface area contributed by atoms with Crippen molar-refractivity contribution in [1.29, 1.82) is 0 Å². The molecule has 0 heterocycles. The molecule has 0 saturated heterocycles. The lowest BCUT2D eigenvalue weighted by Gasteiger charge is -2.37. The van der Waals surface area contributed by atoms with Gasteiger partial charge in [-0.25, -0.2) is 4.39 Å². The normalized spacial score (nSPS) is 30.3. The first-order valence-corrected chi connectivity index (χ1v) is 10.4. The van der Waals surface area contributed by atoms with Crippen molar-refractivity contribution in [3.05, 3.63) is 35.6 Å². The quantitative estimate of drug-likeness (QED) is 0.538. The second-order valence-corrected chi connectivity index (χ2v) is 7.97. The van der Waals surface area contributed by atoms with Gasteiger partial charge in [0.05, 0.1) is 0 Å². The number of hydrogen-bond acceptors (Lipinski definition) is 0. The molecular formula is C23H37F. The Kier molecular flexibility index (Phi) is 8.29. The van der Waals surface area contributed by atoms with Crippen LogP contribution in [-0.4, -0.2) is 0 Å². The van der Waals surface area contributed by atoms with E-state index in [4.69, 9.17) is 0 Å². The molecule has 0 nitrogen and oxygen atoms in total. The minimum absolute atomic E-state index is 0.119. The van der Waals surface area contributed by atoms with E-state index in [0.29, 0.717) is 0 Å². The third kappa shape index (κ3) is 5.90. The Morgan fingerprint density at radius 2 is 1.29 bits per heavy atom. The lowest BCUT2D eigenvalue weighted by Crippen LogP contribution is -2.25. The van der Waals surface area contributed by atoms with Crippen LogP contribution in [0.25, 0.3) is 0 Å². The van der Waals surface area contributed by atoms with E-state index in [1.165, 1.54) is 63.4 Å². The van der Waals surface area contributed by atoms with E-state index in [0.717, 1.165) is 30.1 Å². The molecule has 24 heavy (non-hydrogen) atoms. The highest BCUT2D eigenvalue weighted by atomic mass is 19.1. The first-order valence-electron chi connectivity index (χ1n) is 10.4. The van der Waals surface area contributed by atoms with Gasteiger partial charge in [0.15, 0.2) is 0 Å². The lowest BCUT2D eigenvalue weighted by molar-refractivity contribution is 0.148. The van der Waals surface area contributed by atoms with Gasteiger partial charge in [-0.1, -0.05) is 58.6 Å². The minimum Gasteiger partial charge on any atom is -0.207 e. The lowest BCUT2D eigenvalue weighted by atomic mass is 9.69. The number of benzene rings is 1. The van der Waals surface area contributed by atoms with Gasteiger partial charge in [0, 0.05) is 0 Å². The van der Waals surface area contributed by atoms with Gasteiger partial charge in [-0.3, -0.25) is 0 Å². The van der Waals surface area contributed by atoms with E-state index in [1.807, 2.05) is 26.0 Å². The largest absolute Gasteiger partial charge is 0.207 e. The maximum absolute atomic E-state index is 12.9. The summed E-state index contributed by atoms with van der Waals surface area (Å²) in [5.74, 6) is 3.82. The highest BCUT2D eigenvalue weighted by Gasteiger charge is 2.29. The number of hydrogen-bond donors (Lipinski definition) is 0. The number of rotatable bonds is 4. The Morgan fingerprint density at radius 1 is 0.792 bits per heavy atom. The molecular weight excluding hydrogens is 295 g/mol. The van der Waals surface area contributed by atoms with E-state index in [2.05, 4.69) is 6.92 Å². The fourth-order valence-electron chi connectivity index (χ4n) is 4.73. The zero-order valence-corrected chi connectivity index (χ0v) is 16.1. The Morgan fingerprint density at radius 3 is 1.83 bits per heavy atom. The smallest absolute Gasteiger partial charge is 0.123 e. The molecule has 2 aliphatic carbocycles. The SMILES string of the molecule is CC.CC1CCC(C2CCC(CCc3ccc(F)cc3)CC2)CC1. The van der Waals surface area contributed by atoms with Crippen molar-refractivity contribution in [3.8, 4) is 0 Å². The van der Waals surface area contributed by atoms with Crippen LogP contribution in [-0.2, 0) is 6.42 Å². The second-order valence-electron chi connectivity index (χ2n) is 7.97. The average Bonchev–Trinajstić information content (AvgIpc) is 2.64. The molecule has 0 bridgehead atoms. The van der Waals surface area contributed by atoms with Gasteiger partial charge in [-0.15, -0.1) is 0 Å². The van der Waals surface area contributed by atoms with Crippen LogP contribution >= 0.6 is 0 Å². The molecule has 136 valence electrons. The highest BCUT2D eigenvalue weighted by Crippen LogP contribution is 2.42. The number of halogens is 1. The van der Waals surface area contributed by atoms with Crippen LogP contribution in [0, 0.1) is 29.5 Å². The van der Waals surface area contributed by atoms with Crippen molar-refractivity contribution in [1.82, 2.24) is 0 Å². The van der Waals surface area contributed by atoms with Crippen LogP contribution in [0.2, 0.25) is 0 Å². The third-order valence-corrected chi connectivity index (χ3v) is 6.37. The molecule has 0 N–H and O–H groups in total. The van der Waals surface area contributed by atoms with Crippen LogP contribution in [0.4, 0.5) is 4.39 Å². The van der Waals surface area contributed by atoms with E-state index < -0.39 is 0 Å². The Labute approximate surface area is 149 Å². The van der Waals surface area contributed by atoms with Gasteiger partial charge in [-0.05, 0) is 79.9 Å². The van der Waals surface area contributed by atoms with Crippen LogP contribution < -0.4 is 0 Å². The molecule has 1 heteroatoms. The summed E-state index contributed by atoms with van der Waals surface area (Å²) in [7, 11) is 0. The highest BCUT2D eigenvalue weighted by molar-refractivity contribution is 5.16. The predicted molar refractivity (Wildman–Crippen MR) is 103 cm³/mol. The zero-order valence-electron chi connectivity index (χ0n) is 16.1. The predicted octanol–water partition coefficient (Wildman–Crippen LogP) is 7.42. The van der Waals surface area contributed by atoms with Crippen molar-refractivity contribution < 1.29 is 4.39 Å². The number of aryl methyl sites for hydroxylation is 1. The first kappa shape index (κ1) is 19.5. The van der Waals surface area contributed by atoms with Crippen molar-refractivity contribution >= 4 is 0 Å². The van der Waals surface area contributed by atoms with Gasteiger partial charge >= 0.3 is 0 Å². The van der Waals surface area contributed by atoms with E-state index in [9.17, 15) is 4.39 Å². The monoisotopic (exact) mass is 332 g/mol. The van der Waals surface area contributed by atoms with Crippen LogP contribution in [0.1, 0.15) is 84.1 Å². The maximum Gasteiger partial charge on any atom is 0.123 e. The van der Waals surface area contributed by atoms with E-state index in [-0.39, 0.29) is 5.82 Å². The fraction of sp³-hybridized carbons (Fsp3) is 0.739. The summed E-state index contributed by atoms with van der Waals surface area (Å²) >= 11 is 0. The Bertz CT molecular complexity index is 434. The van der Waals surface area contributed by atoms with Gasteiger partial charge in [0.1, 0.15) is 5.82 Å². The van der Waals surface area contributed by atoms with Gasteiger partial charge < -0.3 is 0 Å². The summed E-state index contributed by atoms with van der Waals surface area (Å²) in [5.41, 5.74) is 1.30. The van der Waals surface area contributed by atoms with Crippen molar-refractivity contribution in [2.75, 3.05) is 0 Å². The Hall–Kier alpha value is -0.850. The molecule has 2 saturated carbocycles. The molecule has 3 rings (SSSR count). The second kappa shape index (κ2) is 10.2. The summed E-state index contributed by atoms with van der Waals surface area (Å²) in [6.45, 7) is 6.42. The van der Waals surface area contributed by atoms with E-state index in [1.54, 1.807) is 12.1 Å². The molecule has 2 fully saturated rings.